The van der Waals surface area contributed by atoms with Crippen LogP contribution in [0.5, 0.6) is 5.75 Å². The molecule has 1 aromatic carbocycles. The third kappa shape index (κ3) is 2.61. The summed E-state index contributed by atoms with van der Waals surface area (Å²) in [4.78, 5) is 12.4. The average molecular weight is 270 g/mol. The van der Waals surface area contributed by atoms with Crippen LogP contribution < -0.4 is 9.64 Å². The van der Waals surface area contributed by atoms with E-state index in [0.29, 0.717) is 24.6 Å². The highest BCUT2D eigenvalue weighted by molar-refractivity contribution is 7.85. The molecule has 2 rings (SSSR count). The van der Waals surface area contributed by atoms with Crippen LogP contribution in [0.4, 0.5) is 11.4 Å². The number of nitrogens with zero attached hydrogens (tertiary/aromatic N) is 2. The summed E-state index contributed by atoms with van der Waals surface area (Å²) in [6.45, 7) is 1.40. The number of ether oxygens (including phenoxy) is 1. The molecule has 0 N–H and O–H groups in total. The number of anilines is 1. The van der Waals surface area contributed by atoms with Crippen LogP contribution in [-0.4, -0.2) is 40.8 Å². The standard InChI is InChI=1S/C11H14N2O4S/c1-17-11-8-9(2-3-10(11)13(14)15)12-4-6-18(16)7-5-12/h2-3,8H,4-7H2,1H3. The lowest BCUT2D eigenvalue weighted by atomic mass is 10.2. The van der Waals surface area contributed by atoms with Gasteiger partial charge in [-0.3, -0.25) is 14.3 Å². The van der Waals surface area contributed by atoms with Gasteiger partial charge in [0.2, 0.25) is 0 Å². The van der Waals surface area contributed by atoms with Gasteiger partial charge in [0, 0.05) is 53.2 Å². The van der Waals surface area contributed by atoms with Crippen molar-refractivity contribution in [2.24, 2.45) is 0 Å². The van der Waals surface area contributed by atoms with E-state index < -0.39 is 15.7 Å². The van der Waals surface area contributed by atoms with Gasteiger partial charge in [-0.2, -0.15) is 0 Å². The maximum absolute atomic E-state index is 11.3. The molecule has 1 aliphatic rings. The highest BCUT2D eigenvalue weighted by Gasteiger charge is 2.20. The average Bonchev–Trinajstić information content (AvgIpc) is 2.38. The molecule has 0 aromatic heterocycles. The lowest BCUT2D eigenvalue weighted by Crippen LogP contribution is -2.37. The molecule has 0 amide bonds. The molecular formula is C11H14N2O4S. The fourth-order valence-corrected chi connectivity index (χ4v) is 2.96. The summed E-state index contributed by atoms with van der Waals surface area (Å²) in [7, 11) is 0.679. The van der Waals surface area contributed by atoms with Gasteiger partial charge < -0.3 is 9.64 Å². The summed E-state index contributed by atoms with van der Waals surface area (Å²) >= 11 is 0. The molecule has 0 spiro atoms. The Balaban J connectivity index is 2.24. The number of hydrogen-bond donors (Lipinski definition) is 0. The van der Waals surface area contributed by atoms with E-state index in [0.717, 1.165) is 5.69 Å². The first kappa shape index (κ1) is 12.8. The first-order valence-corrected chi connectivity index (χ1v) is 7.03. The third-order valence-corrected chi connectivity index (χ3v) is 4.18. The fraction of sp³-hybridized carbons (Fsp3) is 0.455. The van der Waals surface area contributed by atoms with E-state index in [1.165, 1.54) is 13.2 Å². The van der Waals surface area contributed by atoms with Gasteiger partial charge in [0.25, 0.3) is 0 Å². The van der Waals surface area contributed by atoms with Gasteiger partial charge in [0.15, 0.2) is 5.75 Å². The van der Waals surface area contributed by atoms with Crippen molar-refractivity contribution in [3.05, 3.63) is 28.3 Å². The maximum atomic E-state index is 11.3. The number of methoxy groups -OCH3 is 1. The van der Waals surface area contributed by atoms with Gasteiger partial charge in [-0.1, -0.05) is 0 Å². The van der Waals surface area contributed by atoms with Crippen LogP contribution in [0, 0.1) is 10.1 Å². The van der Waals surface area contributed by atoms with Crippen molar-refractivity contribution in [1.29, 1.82) is 0 Å². The number of hydrogen-bond acceptors (Lipinski definition) is 5. The van der Waals surface area contributed by atoms with Gasteiger partial charge in [0.05, 0.1) is 12.0 Å². The van der Waals surface area contributed by atoms with Crippen LogP contribution in [0.15, 0.2) is 18.2 Å². The van der Waals surface area contributed by atoms with E-state index in [-0.39, 0.29) is 11.4 Å². The number of nitro benzene ring substituents is 1. The molecule has 0 unspecified atom stereocenters. The molecule has 1 aromatic rings. The van der Waals surface area contributed by atoms with E-state index in [4.69, 9.17) is 4.74 Å². The Hall–Kier alpha value is -1.63. The van der Waals surface area contributed by atoms with E-state index in [1.54, 1.807) is 12.1 Å². The highest BCUT2D eigenvalue weighted by Crippen LogP contribution is 2.31. The Morgan fingerprint density at radius 3 is 2.61 bits per heavy atom. The topological polar surface area (TPSA) is 72.7 Å². The molecule has 98 valence electrons. The summed E-state index contributed by atoms with van der Waals surface area (Å²) in [6, 6.07) is 4.81. The van der Waals surface area contributed by atoms with Gasteiger partial charge in [-0.25, -0.2) is 0 Å². The lowest BCUT2D eigenvalue weighted by Gasteiger charge is -2.28. The molecule has 1 aliphatic heterocycles. The molecule has 0 bridgehead atoms. The second kappa shape index (κ2) is 5.34. The van der Waals surface area contributed by atoms with Crippen LogP contribution >= 0.6 is 0 Å². The molecule has 0 aliphatic carbocycles. The fourth-order valence-electron chi connectivity index (χ4n) is 1.91. The van der Waals surface area contributed by atoms with Crippen molar-refractivity contribution in [3.8, 4) is 5.75 Å². The number of benzene rings is 1. The molecule has 18 heavy (non-hydrogen) atoms. The zero-order valence-electron chi connectivity index (χ0n) is 10.00. The molecule has 7 heteroatoms. The highest BCUT2D eigenvalue weighted by atomic mass is 32.2. The van der Waals surface area contributed by atoms with E-state index >= 15 is 0 Å². The molecule has 0 atom stereocenters. The SMILES string of the molecule is COc1cc(N2CCS(=O)CC2)ccc1[N+](=O)[O-]. The van der Waals surface area contributed by atoms with E-state index in [1.807, 2.05) is 0 Å². The molecule has 0 saturated carbocycles. The van der Waals surface area contributed by atoms with Gasteiger partial charge >= 0.3 is 5.69 Å². The molecule has 1 heterocycles. The van der Waals surface area contributed by atoms with Gasteiger partial charge in [-0.05, 0) is 6.07 Å². The number of nitro groups is 1. The Kier molecular flexibility index (Phi) is 3.81. The van der Waals surface area contributed by atoms with Crippen molar-refractivity contribution < 1.29 is 13.9 Å². The summed E-state index contributed by atoms with van der Waals surface area (Å²) in [5.74, 6) is 1.53. The third-order valence-electron chi connectivity index (χ3n) is 2.90. The minimum Gasteiger partial charge on any atom is -0.490 e. The van der Waals surface area contributed by atoms with Crippen LogP contribution in [-0.2, 0) is 10.8 Å². The van der Waals surface area contributed by atoms with Crippen LogP contribution in [0.2, 0.25) is 0 Å². The Bertz CT molecular complexity index is 482. The second-order valence-corrected chi connectivity index (χ2v) is 5.64. The monoisotopic (exact) mass is 270 g/mol. The summed E-state index contributed by atoms with van der Waals surface area (Å²) < 4.78 is 16.3. The van der Waals surface area contributed by atoms with Crippen molar-refractivity contribution in [2.75, 3.05) is 36.6 Å². The quantitative estimate of drug-likeness (QED) is 0.609. The minimum absolute atomic E-state index is 0.0400. The second-order valence-electron chi connectivity index (χ2n) is 3.95. The maximum Gasteiger partial charge on any atom is 0.311 e. The normalized spacial score (nSPS) is 16.6. The Morgan fingerprint density at radius 2 is 2.06 bits per heavy atom. The predicted molar refractivity (Wildman–Crippen MR) is 69.7 cm³/mol. The Labute approximate surface area is 107 Å². The molecule has 6 nitrogen and oxygen atoms in total. The zero-order valence-corrected chi connectivity index (χ0v) is 10.8. The van der Waals surface area contributed by atoms with Gasteiger partial charge in [-0.15, -0.1) is 0 Å². The van der Waals surface area contributed by atoms with Crippen LogP contribution in [0.3, 0.4) is 0 Å². The summed E-state index contributed by atoms with van der Waals surface area (Å²) in [5.41, 5.74) is 0.830. The van der Waals surface area contributed by atoms with Crippen LogP contribution in [0.25, 0.3) is 0 Å². The first-order valence-electron chi connectivity index (χ1n) is 5.54. The number of rotatable bonds is 3. The largest absolute Gasteiger partial charge is 0.490 e. The van der Waals surface area contributed by atoms with Crippen molar-refractivity contribution in [2.45, 2.75) is 0 Å². The molecule has 1 fully saturated rings. The van der Waals surface area contributed by atoms with Gasteiger partial charge in [0.1, 0.15) is 0 Å². The van der Waals surface area contributed by atoms with Crippen LogP contribution in [0.1, 0.15) is 0 Å². The molecular weight excluding hydrogens is 256 g/mol. The first-order chi connectivity index (χ1) is 8.61. The summed E-state index contributed by atoms with van der Waals surface area (Å²) in [5, 5.41) is 10.8. The Morgan fingerprint density at radius 1 is 1.39 bits per heavy atom. The zero-order chi connectivity index (χ0) is 13.1. The minimum atomic E-state index is -0.735. The van der Waals surface area contributed by atoms with Crippen molar-refractivity contribution >= 4 is 22.2 Å². The van der Waals surface area contributed by atoms with Crippen molar-refractivity contribution in [1.82, 2.24) is 0 Å². The smallest absolute Gasteiger partial charge is 0.311 e. The summed E-state index contributed by atoms with van der Waals surface area (Å²) in [6.07, 6.45) is 0. The van der Waals surface area contributed by atoms with Crippen molar-refractivity contribution in [3.63, 3.8) is 0 Å². The molecule has 1 saturated heterocycles. The van der Waals surface area contributed by atoms with E-state index in [9.17, 15) is 14.3 Å². The predicted octanol–water partition coefficient (Wildman–Crippen LogP) is 1.17. The lowest BCUT2D eigenvalue weighted by molar-refractivity contribution is -0.385. The van der Waals surface area contributed by atoms with E-state index in [2.05, 4.69) is 4.90 Å². The molecule has 0 radical (unpaired) electrons.